The third-order valence-corrected chi connectivity index (χ3v) is 2.05. The van der Waals surface area contributed by atoms with E-state index >= 15 is 0 Å². The zero-order chi connectivity index (χ0) is 5.82. The van der Waals surface area contributed by atoms with Gasteiger partial charge in [0.1, 0.15) is 0 Å². The third kappa shape index (κ3) is 3.18. The molecule has 0 saturated carbocycles. The molecule has 1 aromatic carbocycles. The van der Waals surface area contributed by atoms with Crippen LogP contribution in [0.15, 0.2) is 30.3 Å². The van der Waals surface area contributed by atoms with E-state index in [0.717, 1.165) is 0 Å². The van der Waals surface area contributed by atoms with Crippen LogP contribution < -0.4 is 0 Å². The van der Waals surface area contributed by atoms with E-state index in [0.29, 0.717) is 0 Å². The van der Waals surface area contributed by atoms with E-state index in [1.807, 2.05) is 0 Å². The first kappa shape index (κ1) is 9.39. The molecule has 0 aromatic heterocycles. The summed E-state index contributed by atoms with van der Waals surface area (Å²) in [4.78, 5) is 0. The van der Waals surface area contributed by atoms with Gasteiger partial charge in [-0.2, -0.15) is 0 Å². The van der Waals surface area contributed by atoms with Crippen LogP contribution in [0.1, 0.15) is 5.56 Å². The van der Waals surface area contributed by atoms with Gasteiger partial charge in [0.2, 0.25) is 0 Å². The van der Waals surface area contributed by atoms with Crippen molar-refractivity contribution >= 4 is 12.4 Å². The van der Waals surface area contributed by atoms with Gasteiger partial charge in [0.15, 0.2) is 0 Å². The van der Waals surface area contributed by atoms with Gasteiger partial charge in [-0.25, -0.2) is 0 Å². The summed E-state index contributed by atoms with van der Waals surface area (Å²) in [5.74, 6) is 0. The van der Waals surface area contributed by atoms with E-state index in [9.17, 15) is 0 Å². The zero-order valence-electron chi connectivity index (χ0n) is 5.00. The molecule has 0 spiro atoms. The molecule has 0 aliphatic rings. The third-order valence-electron chi connectivity index (χ3n) is 1.05. The Bertz CT molecular complexity index is 150. The molecule has 0 bridgehead atoms. The summed E-state index contributed by atoms with van der Waals surface area (Å²) in [6.07, 6.45) is 0. The normalized spacial score (nSPS) is 7.89. The summed E-state index contributed by atoms with van der Waals surface area (Å²) in [7, 11) is 0. The molecule has 1 aromatic rings. The van der Waals surface area contributed by atoms with Crippen molar-refractivity contribution in [2.75, 3.05) is 0 Å². The molecule has 1 rings (SSSR count). The number of hydrogen-bond acceptors (Lipinski definition) is 0. The molecule has 47 valence electrons. The minimum absolute atomic E-state index is 0. The zero-order valence-corrected chi connectivity index (χ0v) is 8.28. The fourth-order valence-corrected chi connectivity index (χ4v) is 1.18. The maximum absolute atomic E-state index is 2.16. The summed E-state index contributed by atoms with van der Waals surface area (Å²) >= 11 is 1.59. The Labute approximate surface area is 76.9 Å². The molecule has 0 nitrogen and oxygen atoms in total. The SMILES string of the molecule is Cl.[Zr][CH2]c1ccccc1. The average Bonchev–Trinajstić information content (AvgIpc) is 1.90. The van der Waals surface area contributed by atoms with Crippen LogP contribution in [0, 0.1) is 0 Å². The van der Waals surface area contributed by atoms with E-state index in [2.05, 4.69) is 30.3 Å². The molecule has 0 aliphatic heterocycles. The average molecular weight is 219 g/mol. The van der Waals surface area contributed by atoms with Crippen molar-refractivity contribution in [1.82, 2.24) is 0 Å². The van der Waals surface area contributed by atoms with Crippen LogP contribution in [0.4, 0.5) is 0 Å². The van der Waals surface area contributed by atoms with Crippen molar-refractivity contribution in [2.45, 2.75) is 4.13 Å². The molecule has 0 fully saturated rings. The molecule has 0 amide bonds. The summed E-state index contributed by atoms with van der Waals surface area (Å²) in [5, 5.41) is 0. The molecule has 0 N–H and O–H groups in total. The van der Waals surface area contributed by atoms with Crippen molar-refractivity contribution in [1.29, 1.82) is 0 Å². The van der Waals surface area contributed by atoms with E-state index < -0.39 is 0 Å². The van der Waals surface area contributed by atoms with Gasteiger partial charge < -0.3 is 0 Å². The second-order valence-corrected chi connectivity index (χ2v) is 2.53. The van der Waals surface area contributed by atoms with Crippen molar-refractivity contribution in [3.8, 4) is 0 Å². The van der Waals surface area contributed by atoms with E-state index in [1.54, 1.807) is 24.7 Å². The second-order valence-electron chi connectivity index (χ2n) is 1.66. The quantitative estimate of drug-likeness (QED) is 0.678. The topological polar surface area (TPSA) is 0 Å². The van der Waals surface area contributed by atoms with Crippen molar-refractivity contribution in [3.05, 3.63) is 35.9 Å². The Hall–Kier alpha value is 0.393. The summed E-state index contributed by atoms with van der Waals surface area (Å²) in [6, 6.07) is 10.5. The van der Waals surface area contributed by atoms with Crippen LogP contribution in [0.2, 0.25) is 0 Å². The first-order valence-electron chi connectivity index (χ1n) is 2.62. The minimum atomic E-state index is 0. The van der Waals surface area contributed by atoms with E-state index in [4.69, 9.17) is 0 Å². The van der Waals surface area contributed by atoms with Gasteiger partial charge in [-0.3, -0.25) is 0 Å². The Balaban J connectivity index is 0.000000640. The number of rotatable bonds is 1. The predicted octanol–water partition coefficient (Wildman–Crippen LogP) is 2.16. The first-order valence-corrected chi connectivity index (χ1v) is 4.36. The molecule has 9 heavy (non-hydrogen) atoms. The van der Waals surface area contributed by atoms with Gasteiger partial charge in [-0.15, -0.1) is 12.4 Å². The number of benzene rings is 1. The number of hydrogen-bond donors (Lipinski definition) is 0. The Morgan fingerprint density at radius 2 is 1.67 bits per heavy atom. The maximum atomic E-state index is 2.16. The van der Waals surface area contributed by atoms with Gasteiger partial charge in [-0.05, 0) is 0 Å². The van der Waals surface area contributed by atoms with Crippen LogP contribution >= 0.6 is 12.4 Å². The van der Waals surface area contributed by atoms with Crippen LogP contribution in [0.3, 0.4) is 0 Å². The molecular formula is C7H8ClZr. The monoisotopic (exact) mass is 217 g/mol. The second kappa shape index (κ2) is 5.20. The van der Waals surface area contributed by atoms with Crippen LogP contribution in [0.5, 0.6) is 0 Å². The van der Waals surface area contributed by atoms with Gasteiger partial charge in [0.05, 0.1) is 0 Å². The Morgan fingerprint density at radius 1 is 1.11 bits per heavy atom. The number of halogens is 1. The fourth-order valence-electron chi connectivity index (χ4n) is 0.596. The van der Waals surface area contributed by atoms with Crippen molar-refractivity contribution < 1.29 is 24.7 Å². The van der Waals surface area contributed by atoms with Gasteiger partial charge in [-0.1, -0.05) is 0 Å². The molecule has 0 atom stereocenters. The fraction of sp³-hybridized carbons (Fsp3) is 0.143. The van der Waals surface area contributed by atoms with Crippen molar-refractivity contribution in [2.24, 2.45) is 0 Å². The van der Waals surface area contributed by atoms with Crippen molar-refractivity contribution in [3.63, 3.8) is 0 Å². The summed E-state index contributed by atoms with van der Waals surface area (Å²) in [5.41, 5.74) is 1.45. The van der Waals surface area contributed by atoms with E-state index in [-0.39, 0.29) is 12.4 Å². The Morgan fingerprint density at radius 3 is 2.00 bits per heavy atom. The van der Waals surface area contributed by atoms with Gasteiger partial charge in [0, 0.05) is 0 Å². The van der Waals surface area contributed by atoms with Crippen LogP contribution in [-0.2, 0) is 28.8 Å². The first-order chi connectivity index (χ1) is 3.93. The van der Waals surface area contributed by atoms with Crippen LogP contribution in [0.25, 0.3) is 0 Å². The molecule has 0 heterocycles. The summed E-state index contributed by atoms with van der Waals surface area (Å²) < 4.78 is 1.23. The van der Waals surface area contributed by atoms with Gasteiger partial charge in [0.25, 0.3) is 0 Å². The van der Waals surface area contributed by atoms with E-state index in [1.165, 1.54) is 9.69 Å². The molecule has 0 saturated heterocycles. The standard InChI is InChI=1S/C7H7.ClH.Zr/c1-7-5-3-2-4-6-7;;/h2-6H,1H2;1H;. The summed E-state index contributed by atoms with van der Waals surface area (Å²) in [6.45, 7) is 0. The van der Waals surface area contributed by atoms with Crippen LogP contribution in [-0.4, -0.2) is 0 Å². The Kier molecular flexibility index (Phi) is 5.43. The predicted molar refractivity (Wildman–Crippen MR) is 37.4 cm³/mol. The molecule has 0 aliphatic carbocycles. The molecule has 0 unspecified atom stereocenters. The molecular weight excluding hydrogens is 211 g/mol. The van der Waals surface area contributed by atoms with Gasteiger partial charge >= 0.3 is 64.7 Å². The molecule has 0 radical (unpaired) electrons. The molecule has 2 heteroatoms.